The van der Waals surface area contributed by atoms with Crippen molar-refractivity contribution in [3.8, 4) is 0 Å². The van der Waals surface area contributed by atoms with E-state index < -0.39 is 0 Å². The fourth-order valence-corrected chi connectivity index (χ4v) is 2.97. The minimum atomic E-state index is -0.182. The first-order valence-corrected chi connectivity index (χ1v) is 9.58. The smallest absolute Gasteiger partial charge is 0.230 e. The Kier molecular flexibility index (Phi) is 7.08. The monoisotopic (exact) mass is 403 g/mol. The predicted molar refractivity (Wildman–Crippen MR) is 120 cm³/mol. The normalized spacial score (nSPS) is 10.1. The van der Waals surface area contributed by atoms with Crippen molar-refractivity contribution in [3.05, 3.63) is 96.1 Å². The highest BCUT2D eigenvalue weighted by atomic mass is 32.1. The molecule has 3 rings (SSSR count). The first-order chi connectivity index (χ1) is 14.1. The number of carbonyl (C=O) groups excluding carboxylic acids is 2. The fourth-order valence-electron chi connectivity index (χ4n) is 2.74. The Bertz CT molecular complexity index is 974. The highest BCUT2D eigenvalue weighted by Gasteiger charge is 2.07. The van der Waals surface area contributed by atoms with Gasteiger partial charge >= 0.3 is 0 Å². The summed E-state index contributed by atoms with van der Waals surface area (Å²) in [5, 5.41) is 8.72. The number of thiocarbonyl (C=S) groups is 1. The molecule has 0 radical (unpaired) electrons. The number of amides is 2. The molecule has 0 unspecified atom stereocenters. The first-order valence-electron chi connectivity index (χ1n) is 9.17. The predicted octanol–water partition coefficient (Wildman–Crippen LogP) is 3.92. The lowest BCUT2D eigenvalue weighted by atomic mass is 10.1. The SMILES string of the molecule is O=C(Cc1ccccc1)NC(=S)Nc1ccc(NC(=O)Cc2ccccc2)cc1. The highest BCUT2D eigenvalue weighted by Crippen LogP contribution is 2.14. The molecule has 0 atom stereocenters. The molecular weight excluding hydrogens is 382 g/mol. The number of nitrogens with one attached hydrogen (secondary N) is 3. The Balaban J connectivity index is 1.46. The quantitative estimate of drug-likeness (QED) is 0.546. The number of carbonyl (C=O) groups is 2. The molecule has 3 aromatic carbocycles. The molecule has 146 valence electrons. The third-order valence-electron chi connectivity index (χ3n) is 4.09. The summed E-state index contributed by atoms with van der Waals surface area (Å²) in [6, 6.07) is 26.2. The Morgan fingerprint density at radius 1 is 0.621 bits per heavy atom. The molecule has 0 spiro atoms. The molecule has 0 heterocycles. The highest BCUT2D eigenvalue weighted by molar-refractivity contribution is 7.80. The van der Waals surface area contributed by atoms with Gasteiger partial charge in [-0.05, 0) is 47.6 Å². The van der Waals surface area contributed by atoms with Crippen LogP contribution >= 0.6 is 12.2 Å². The van der Waals surface area contributed by atoms with Gasteiger partial charge < -0.3 is 16.0 Å². The summed E-state index contributed by atoms with van der Waals surface area (Å²) in [5.41, 5.74) is 3.29. The summed E-state index contributed by atoms with van der Waals surface area (Å²) in [7, 11) is 0. The Hall–Kier alpha value is -3.51. The number of hydrogen-bond acceptors (Lipinski definition) is 3. The van der Waals surface area contributed by atoms with E-state index in [1.807, 2.05) is 60.7 Å². The minimum Gasteiger partial charge on any atom is -0.332 e. The van der Waals surface area contributed by atoms with Gasteiger partial charge in [-0.15, -0.1) is 0 Å². The molecule has 0 aliphatic carbocycles. The average Bonchev–Trinajstić information content (AvgIpc) is 2.71. The molecule has 0 fully saturated rings. The second-order valence-corrected chi connectivity index (χ2v) is 6.86. The van der Waals surface area contributed by atoms with E-state index in [4.69, 9.17) is 12.2 Å². The van der Waals surface area contributed by atoms with E-state index in [9.17, 15) is 9.59 Å². The average molecular weight is 404 g/mol. The van der Waals surface area contributed by atoms with Crippen LogP contribution in [0.15, 0.2) is 84.9 Å². The van der Waals surface area contributed by atoms with Crippen LogP contribution in [0.4, 0.5) is 11.4 Å². The van der Waals surface area contributed by atoms with Crippen molar-refractivity contribution in [1.29, 1.82) is 0 Å². The van der Waals surface area contributed by atoms with Crippen LogP contribution in [0.25, 0.3) is 0 Å². The minimum absolute atomic E-state index is 0.0828. The third-order valence-corrected chi connectivity index (χ3v) is 4.30. The van der Waals surface area contributed by atoms with Gasteiger partial charge in [0.25, 0.3) is 0 Å². The van der Waals surface area contributed by atoms with Crippen molar-refractivity contribution >= 4 is 40.5 Å². The zero-order valence-electron chi connectivity index (χ0n) is 15.7. The molecule has 6 heteroatoms. The number of anilines is 2. The van der Waals surface area contributed by atoms with E-state index in [0.29, 0.717) is 12.1 Å². The molecule has 29 heavy (non-hydrogen) atoms. The van der Waals surface area contributed by atoms with Crippen LogP contribution < -0.4 is 16.0 Å². The molecule has 0 aromatic heterocycles. The van der Waals surface area contributed by atoms with Gasteiger partial charge in [-0.2, -0.15) is 0 Å². The van der Waals surface area contributed by atoms with E-state index in [0.717, 1.165) is 16.8 Å². The van der Waals surface area contributed by atoms with Crippen molar-refractivity contribution in [2.24, 2.45) is 0 Å². The molecule has 5 nitrogen and oxygen atoms in total. The van der Waals surface area contributed by atoms with Crippen LogP contribution in [0.2, 0.25) is 0 Å². The van der Waals surface area contributed by atoms with Gasteiger partial charge in [0.2, 0.25) is 11.8 Å². The third kappa shape index (κ3) is 6.86. The molecule has 0 saturated carbocycles. The van der Waals surface area contributed by atoms with Crippen LogP contribution in [-0.4, -0.2) is 16.9 Å². The second kappa shape index (κ2) is 10.1. The molecular formula is C23H21N3O2S. The van der Waals surface area contributed by atoms with E-state index in [2.05, 4.69) is 16.0 Å². The molecule has 3 N–H and O–H groups in total. The molecule has 2 amide bonds. The maximum Gasteiger partial charge on any atom is 0.230 e. The Morgan fingerprint density at radius 3 is 1.59 bits per heavy atom. The summed E-state index contributed by atoms with van der Waals surface area (Å²) in [6.07, 6.45) is 0.577. The van der Waals surface area contributed by atoms with Crippen LogP contribution in [0, 0.1) is 0 Å². The lowest BCUT2D eigenvalue weighted by Crippen LogP contribution is -2.35. The standard InChI is InChI=1S/C23H21N3O2S/c27-21(15-17-7-3-1-4-8-17)24-19-11-13-20(14-12-19)25-23(29)26-22(28)16-18-9-5-2-6-10-18/h1-14H,15-16H2,(H,24,27)(H2,25,26,28,29). The number of benzene rings is 3. The van der Waals surface area contributed by atoms with Crippen LogP contribution in [0.1, 0.15) is 11.1 Å². The van der Waals surface area contributed by atoms with Gasteiger partial charge in [0.05, 0.1) is 12.8 Å². The zero-order valence-corrected chi connectivity index (χ0v) is 16.5. The Labute approximate surface area is 175 Å². The van der Waals surface area contributed by atoms with Crippen LogP contribution in [0.5, 0.6) is 0 Å². The van der Waals surface area contributed by atoms with Crippen LogP contribution in [0.3, 0.4) is 0 Å². The van der Waals surface area contributed by atoms with E-state index in [1.54, 1.807) is 24.3 Å². The fraction of sp³-hybridized carbons (Fsp3) is 0.0870. The van der Waals surface area contributed by atoms with E-state index >= 15 is 0 Å². The molecule has 0 saturated heterocycles. The van der Waals surface area contributed by atoms with Gasteiger partial charge in [-0.1, -0.05) is 60.7 Å². The zero-order chi connectivity index (χ0) is 20.5. The van der Waals surface area contributed by atoms with Gasteiger partial charge in [0.1, 0.15) is 0 Å². The number of rotatable bonds is 6. The molecule has 3 aromatic rings. The van der Waals surface area contributed by atoms with Gasteiger partial charge in [0.15, 0.2) is 5.11 Å². The maximum atomic E-state index is 12.1. The van der Waals surface area contributed by atoms with Crippen LogP contribution in [-0.2, 0) is 22.4 Å². The summed E-state index contributed by atoms with van der Waals surface area (Å²) in [6.45, 7) is 0. The van der Waals surface area contributed by atoms with E-state index in [1.165, 1.54) is 0 Å². The lowest BCUT2D eigenvalue weighted by Gasteiger charge is -2.11. The Morgan fingerprint density at radius 2 is 1.07 bits per heavy atom. The topological polar surface area (TPSA) is 70.2 Å². The molecule has 0 bridgehead atoms. The lowest BCUT2D eigenvalue weighted by molar-refractivity contribution is -0.119. The van der Waals surface area contributed by atoms with Crippen molar-refractivity contribution < 1.29 is 9.59 Å². The summed E-state index contributed by atoms with van der Waals surface area (Å²) >= 11 is 5.19. The molecule has 0 aliphatic heterocycles. The molecule has 0 aliphatic rings. The summed E-state index contributed by atoms with van der Waals surface area (Å²) < 4.78 is 0. The van der Waals surface area contributed by atoms with Gasteiger partial charge in [-0.3, -0.25) is 9.59 Å². The van der Waals surface area contributed by atoms with Crippen molar-refractivity contribution in [1.82, 2.24) is 5.32 Å². The number of hydrogen-bond donors (Lipinski definition) is 3. The largest absolute Gasteiger partial charge is 0.332 e. The summed E-state index contributed by atoms with van der Waals surface area (Å²) in [5.74, 6) is -0.265. The second-order valence-electron chi connectivity index (χ2n) is 6.45. The van der Waals surface area contributed by atoms with Gasteiger partial charge in [-0.25, -0.2) is 0 Å². The van der Waals surface area contributed by atoms with E-state index in [-0.39, 0.29) is 23.3 Å². The summed E-state index contributed by atoms with van der Waals surface area (Å²) in [4.78, 5) is 24.2. The van der Waals surface area contributed by atoms with Crippen molar-refractivity contribution in [2.75, 3.05) is 10.6 Å². The first kappa shape index (κ1) is 20.2. The van der Waals surface area contributed by atoms with Gasteiger partial charge in [0, 0.05) is 11.4 Å². The maximum absolute atomic E-state index is 12.1. The van der Waals surface area contributed by atoms with Crippen molar-refractivity contribution in [2.45, 2.75) is 12.8 Å². The van der Waals surface area contributed by atoms with Crippen molar-refractivity contribution in [3.63, 3.8) is 0 Å².